The molecule has 0 unspecified atom stereocenters. The molecule has 0 aliphatic carbocycles. The van der Waals surface area contributed by atoms with Crippen LogP contribution in [0.5, 0.6) is 0 Å². The highest BCUT2D eigenvalue weighted by atomic mass is 16.6. The van der Waals surface area contributed by atoms with Crippen LogP contribution in [0.3, 0.4) is 0 Å². The maximum absolute atomic E-state index is 6.00. The van der Waals surface area contributed by atoms with Gasteiger partial charge in [0.1, 0.15) is 0 Å². The summed E-state index contributed by atoms with van der Waals surface area (Å²) in [5.74, 6) is 1.45. The van der Waals surface area contributed by atoms with Crippen molar-refractivity contribution < 1.29 is 71.1 Å². The van der Waals surface area contributed by atoms with E-state index in [1.807, 2.05) is 0 Å². The molecule has 21 heteroatoms. The Bertz CT molecular complexity index is 942. The summed E-state index contributed by atoms with van der Waals surface area (Å²) >= 11 is 0. The van der Waals surface area contributed by atoms with Crippen LogP contribution in [0.2, 0.25) is 0 Å². The lowest BCUT2D eigenvalue weighted by Crippen LogP contribution is -2.38. The number of nitrogens with zero attached hydrogens (tertiary/aromatic N) is 6. The van der Waals surface area contributed by atoms with Crippen molar-refractivity contribution in [1.82, 2.24) is 15.0 Å². The molecule has 3 saturated heterocycles. The lowest BCUT2D eigenvalue weighted by atomic mass is 10.4. The summed E-state index contributed by atoms with van der Waals surface area (Å²) in [5, 5.41) is 0. The van der Waals surface area contributed by atoms with E-state index in [0.717, 1.165) is 0 Å². The number of rotatable bonds is 3. The zero-order valence-corrected chi connectivity index (χ0v) is 35.8. The summed E-state index contributed by atoms with van der Waals surface area (Å²) in [6.07, 6.45) is 0. The third-order valence-electron chi connectivity index (χ3n) is 8.95. The maximum atomic E-state index is 6.00. The third kappa shape index (κ3) is 25.1. The van der Waals surface area contributed by atoms with Crippen molar-refractivity contribution >= 4 is 17.8 Å². The summed E-state index contributed by atoms with van der Waals surface area (Å²) in [7, 11) is 0. The zero-order chi connectivity index (χ0) is 41.6. The van der Waals surface area contributed by atoms with Crippen LogP contribution in [-0.4, -0.2) is 252 Å². The molecule has 3 aliphatic heterocycles. The van der Waals surface area contributed by atoms with Gasteiger partial charge in [0, 0.05) is 39.3 Å². The molecule has 0 saturated carbocycles. The van der Waals surface area contributed by atoms with Gasteiger partial charge in [-0.05, 0) is 0 Å². The van der Waals surface area contributed by atoms with Crippen LogP contribution in [0.1, 0.15) is 0 Å². The first-order chi connectivity index (χ1) is 29.9. The molecule has 60 heavy (non-hydrogen) atoms. The normalized spacial score (nSPS) is 23.5. The van der Waals surface area contributed by atoms with Crippen LogP contribution in [0.4, 0.5) is 17.8 Å². The van der Waals surface area contributed by atoms with Crippen LogP contribution in [0.15, 0.2) is 0 Å². The monoisotopic (exact) mass is 865 g/mol. The van der Waals surface area contributed by atoms with Gasteiger partial charge in [-0.25, -0.2) is 0 Å². The van der Waals surface area contributed by atoms with E-state index in [4.69, 9.17) is 86.0 Å². The average Bonchev–Trinajstić information content (AvgIpc) is 3.26. The quantitative estimate of drug-likeness (QED) is 0.381. The summed E-state index contributed by atoms with van der Waals surface area (Å²) in [4.78, 5) is 21.5. The standard InChI is InChI=1S/C39H72N6O15/c1-7-46-13-19-52-25-31-58-32-26-53-20-14-47-8-2-43(1)37-40-38(44-3-9-48-15-21-54-27-33-59-34-28-55-22-16-49-10-4-44)42-39(41-37)45-5-11-50-17-23-56-29-35-60-36-30-57-24-18-51-12-6-45/h1-36H2. The minimum absolute atomic E-state index is 0.419. The largest absolute Gasteiger partial charge is 0.377 e. The molecule has 4 rings (SSSR count). The van der Waals surface area contributed by atoms with Crippen LogP contribution in [-0.2, 0) is 71.1 Å². The third-order valence-corrected chi connectivity index (χ3v) is 8.95. The molecular formula is C39H72N6O15. The van der Waals surface area contributed by atoms with Crippen molar-refractivity contribution in [2.24, 2.45) is 0 Å². The van der Waals surface area contributed by atoms with E-state index in [0.29, 0.717) is 255 Å². The molecule has 0 radical (unpaired) electrons. The Kier molecular flexibility index (Phi) is 30.5. The van der Waals surface area contributed by atoms with Crippen LogP contribution in [0.25, 0.3) is 0 Å². The summed E-state index contributed by atoms with van der Waals surface area (Å²) in [6, 6.07) is 0. The molecule has 0 atom stereocenters. The fourth-order valence-electron chi connectivity index (χ4n) is 5.70. The first-order valence-electron chi connectivity index (χ1n) is 21.6. The molecule has 3 fully saturated rings. The van der Waals surface area contributed by atoms with Gasteiger partial charge in [0.25, 0.3) is 0 Å². The molecule has 348 valence electrons. The van der Waals surface area contributed by atoms with Gasteiger partial charge >= 0.3 is 0 Å². The highest BCUT2D eigenvalue weighted by Gasteiger charge is 2.21. The molecule has 0 amide bonds. The van der Waals surface area contributed by atoms with Gasteiger partial charge in [-0.1, -0.05) is 0 Å². The van der Waals surface area contributed by atoms with Gasteiger partial charge in [-0.3, -0.25) is 0 Å². The summed E-state index contributed by atoms with van der Waals surface area (Å²) < 4.78 is 86.7. The molecule has 0 N–H and O–H groups in total. The SMILES string of the molecule is C1COCCOCCN(c2nc(N3CCOCCOCCOCCOCCOCC3)nc(N3CCOCCOCCOCCOCCOCC3)n2)CCOCCOCCO1. The Hall–Kier alpha value is -2.19. The molecular weight excluding hydrogens is 792 g/mol. The van der Waals surface area contributed by atoms with Crippen LogP contribution < -0.4 is 14.7 Å². The second kappa shape index (κ2) is 36.3. The Morgan fingerprint density at radius 1 is 0.183 bits per heavy atom. The number of aromatic nitrogens is 3. The van der Waals surface area contributed by atoms with E-state index in [1.54, 1.807) is 0 Å². The molecule has 4 heterocycles. The summed E-state index contributed by atoms with van der Waals surface area (Å²) in [6.45, 7) is 16.8. The second-order valence-electron chi connectivity index (χ2n) is 13.4. The molecule has 0 aromatic carbocycles. The van der Waals surface area contributed by atoms with Crippen molar-refractivity contribution in [3.05, 3.63) is 0 Å². The zero-order valence-electron chi connectivity index (χ0n) is 35.8. The second-order valence-corrected chi connectivity index (χ2v) is 13.4. The molecule has 1 aromatic rings. The summed E-state index contributed by atoms with van der Waals surface area (Å²) in [5.41, 5.74) is 0. The van der Waals surface area contributed by atoms with Crippen molar-refractivity contribution in [3.63, 3.8) is 0 Å². The minimum atomic E-state index is 0.419. The molecule has 0 bridgehead atoms. The maximum Gasteiger partial charge on any atom is 0.232 e. The van der Waals surface area contributed by atoms with Crippen molar-refractivity contribution in [1.29, 1.82) is 0 Å². The lowest BCUT2D eigenvalue weighted by molar-refractivity contribution is -0.0117. The van der Waals surface area contributed by atoms with E-state index in [2.05, 4.69) is 14.7 Å². The topological polar surface area (TPSA) is 187 Å². The van der Waals surface area contributed by atoms with Gasteiger partial charge in [0.2, 0.25) is 17.8 Å². The highest BCUT2D eigenvalue weighted by Crippen LogP contribution is 2.20. The molecule has 0 spiro atoms. The number of hydrogen-bond acceptors (Lipinski definition) is 21. The van der Waals surface area contributed by atoms with Crippen molar-refractivity contribution in [2.45, 2.75) is 0 Å². The number of anilines is 3. The average molecular weight is 865 g/mol. The predicted molar refractivity (Wildman–Crippen MR) is 219 cm³/mol. The smallest absolute Gasteiger partial charge is 0.232 e. The lowest BCUT2D eigenvalue weighted by Gasteiger charge is -2.29. The van der Waals surface area contributed by atoms with Gasteiger partial charge in [0.05, 0.1) is 198 Å². The molecule has 1 aromatic heterocycles. The Labute approximate surface area is 355 Å². The van der Waals surface area contributed by atoms with E-state index < -0.39 is 0 Å². The van der Waals surface area contributed by atoms with Gasteiger partial charge < -0.3 is 85.8 Å². The van der Waals surface area contributed by atoms with E-state index in [1.165, 1.54) is 0 Å². The van der Waals surface area contributed by atoms with Crippen LogP contribution >= 0.6 is 0 Å². The number of hydrogen-bond donors (Lipinski definition) is 0. The molecule has 3 aliphatic rings. The first-order valence-corrected chi connectivity index (χ1v) is 21.6. The predicted octanol–water partition coefficient (Wildman–Crippen LogP) is -0.419. The number of ether oxygens (including phenoxy) is 15. The van der Waals surface area contributed by atoms with Crippen molar-refractivity contribution in [3.8, 4) is 0 Å². The Balaban J connectivity index is 1.57. The fourth-order valence-corrected chi connectivity index (χ4v) is 5.70. The minimum Gasteiger partial charge on any atom is -0.377 e. The van der Waals surface area contributed by atoms with E-state index in [-0.39, 0.29) is 0 Å². The van der Waals surface area contributed by atoms with Gasteiger partial charge in [-0.2, -0.15) is 15.0 Å². The van der Waals surface area contributed by atoms with E-state index >= 15 is 0 Å². The van der Waals surface area contributed by atoms with E-state index in [9.17, 15) is 0 Å². The Morgan fingerprint density at radius 3 is 0.433 bits per heavy atom. The fraction of sp³-hybridized carbons (Fsp3) is 0.923. The first kappa shape index (κ1) is 50.5. The Morgan fingerprint density at radius 2 is 0.300 bits per heavy atom. The van der Waals surface area contributed by atoms with Crippen molar-refractivity contribution in [2.75, 3.05) is 252 Å². The molecule has 21 nitrogen and oxygen atoms in total. The van der Waals surface area contributed by atoms with Crippen LogP contribution in [0, 0.1) is 0 Å². The van der Waals surface area contributed by atoms with Gasteiger partial charge in [0.15, 0.2) is 0 Å². The highest BCUT2D eigenvalue weighted by molar-refractivity contribution is 5.47. The van der Waals surface area contributed by atoms with Gasteiger partial charge in [-0.15, -0.1) is 0 Å².